The van der Waals surface area contributed by atoms with Gasteiger partial charge in [-0.25, -0.2) is 4.79 Å². The fraction of sp³-hybridized carbons (Fsp3) is 0.609. The van der Waals surface area contributed by atoms with Gasteiger partial charge in [-0.3, -0.25) is 19.8 Å². The van der Waals surface area contributed by atoms with Crippen molar-refractivity contribution < 1.29 is 14.4 Å². The Labute approximate surface area is 179 Å². The number of likely N-dealkylation sites (tertiary alicyclic amines) is 1. The number of amides is 4. The number of piperidine rings is 1. The average Bonchev–Trinajstić information content (AvgIpc) is 2.75. The van der Waals surface area contributed by atoms with Gasteiger partial charge in [0.05, 0.1) is 6.54 Å². The van der Waals surface area contributed by atoms with Gasteiger partial charge >= 0.3 is 6.03 Å². The molecular formula is C23H34N4O3. The quantitative estimate of drug-likeness (QED) is 0.667. The number of hydrogen-bond donors (Lipinski definition) is 3. The van der Waals surface area contributed by atoms with Crippen LogP contribution in [0.5, 0.6) is 0 Å². The molecule has 7 heteroatoms. The molecule has 2 aliphatic rings. The molecule has 30 heavy (non-hydrogen) atoms. The van der Waals surface area contributed by atoms with Crippen LogP contribution in [0.25, 0.3) is 0 Å². The number of carbonyl (C=O) groups excluding carboxylic acids is 3. The zero-order valence-corrected chi connectivity index (χ0v) is 17.9. The highest BCUT2D eigenvalue weighted by Gasteiger charge is 2.27. The number of benzene rings is 1. The Kier molecular flexibility index (Phi) is 8.25. The molecule has 164 valence electrons. The zero-order chi connectivity index (χ0) is 21.3. The molecule has 0 radical (unpaired) electrons. The van der Waals surface area contributed by atoms with E-state index in [4.69, 9.17) is 0 Å². The lowest BCUT2D eigenvalue weighted by molar-refractivity contribution is -0.126. The third kappa shape index (κ3) is 6.83. The predicted molar refractivity (Wildman–Crippen MR) is 116 cm³/mol. The third-order valence-corrected chi connectivity index (χ3v) is 6.32. The summed E-state index contributed by atoms with van der Waals surface area (Å²) >= 11 is 0. The smallest absolute Gasteiger partial charge is 0.321 e. The maximum atomic E-state index is 12.4. The standard InChI is InChI=1S/C23H34N4O3/c1-17-7-5-6-10-20(17)25-23(30)26-21(28)16-27-13-11-19(12-14-27)22(29)24-15-18-8-3-2-4-9-18/h2-4,8-9,17,19-20H,5-7,10-16H2,1H3,(H,24,29)(H2,25,26,28,30)/t17-,20-/m0/s1. The number of nitrogens with one attached hydrogen (secondary N) is 3. The lowest BCUT2D eigenvalue weighted by Gasteiger charge is -2.31. The number of rotatable bonds is 6. The third-order valence-electron chi connectivity index (χ3n) is 6.32. The summed E-state index contributed by atoms with van der Waals surface area (Å²) < 4.78 is 0. The molecule has 0 spiro atoms. The second-order valence-corrected chi connectivity index (χ2v) is 8.64. The maximum Gasteiger partial charge on any atom is 0.321 e. The van der Waals surface area contributed by atoms with Crippen LogP contribution in [0, 0.1) is 11.8 Å². The van der Waals surface area contributed by atoms with Crippen molar-refractivity contribution in [3.05, 3.63) is 35.9 Å². The van der Waals surface area contributed by atoms with Crippen LogP contribution in [-0.2, 0) is 16.1 Å². The van der Waals surface area contributed by atoms with E-state index in [1.54, 1.807) is 0 Å². The Morgan fingerprint density at radius 2 is 1.70 bits per heavy atom. The Morgan fingerprint density at radius 3 is 2.40 bits per heavy atom. The second-order valence-electron chi connectivity index (χ2n) is 8.64. The molecule has 0 aromatic heterocycles. The lowest BCUT2D eigenvalue weighted by atomic mass is 9.86. The summed E-state index contributed by atoms with van der Waals surface area (Å²) in [4.78, 5) is 38.8. The van der Waals surface area contributed by atoms with Gasteiger partial charge in [-0.2, -0.15) is 0 Å². The predicted octanol–water partition coefficient (Wildman–Crippen LogP) is 2.42. The first kappa shape index (κ1) is 22.3. The van der Waals surface area contributed by atoms with Crippen LogP contribution >= 0.6 is 0 Å². The molecule has 1 aromatic carbocycles. The van der Waals surface area contributed by atoms with Gasteiger partial charge in [0, 0.05) is 18.5 Å². The summed E-state index contributed by atoms with van der Waals surface area (Å²) in [6.45, 7) is 4.23. The number of nitrogens with zero attached hydrogens (tertiary/aromatic N) is 1. The molecule has 1 heterocycles. The maximum absolute atomic E-state index is 12.4. The van der Waals surface area contributed by atoms with Crippen molar-refractivity contribution in [2.45, 2.75) is 58.0 Å². The van der Waals surface area contributed by atoms with Gasteiger partial charge < -0.3 is 10.6 Å². The van der Waals surface area contributed by atoms with E-state index in [0.29, 0.717) is 25.6 Å². The molecule has 4 amide bonds. The highest BCUT2D eigenvalue weighted by Crippen LogP contribution is 2.23. The van der Waals surface area contributed by atoms with E-state index in [0.717, 1.165) is 37.7 Å². The van der Waals surface area contributed by atoms with Crippen LogP contribution in [0.1, 0.15) is 51.0 Å². The van der Waals surface area contributed by atoms with E-state index >= 15 is 0 Å². The fourth-order valence-corrected chi connectivity index (χ4v) is 4.39. The molecule has 0 unspecified atom stereocenters. The number of urea groups is 1. The zero-order valence-electron chi connectivity index (χ0n) is 17.9. The fourth-order valence-electron chi connectivity index (χ4n) is 4.39. The summed E-state index contributed by atoms with van der Waals surface area (Å²) in [6, 6.07) is 9.61. The molecule has 3 rings (SSSR count). The van der Waals surface area contributed by atoms with Crippen LogP contribution in [-0.4, -0.2) is 48.4 Å². The van der Waals surface area contributed by atoms with E-state index in [1.807, 2.05) is 35.2 Å². The molecule has 1 aromatic rings. The van der Waals surface area contributed by atoms with Gasteiger partial charge in [-0.1, -0.05) is 50.1 Å². The first-order valence-corrected chi connectivity index (χ1v) is 11.2. The normalized spacial score (nSPS) is 22.8. The Bertz CT molecular complexity index is 716. The molecule has 2 atom stereocenters. The van der Waals surface area contributed by atoms with Crippen molar-refractivity contribution >= 4 is 17.8 Å². The van der Waals surface area contributed by atoms with Gasteiger partial charge in [0.15, 0.2) is 0 Å². The van der Waals surface area contributed by atoms with E-state index < -0.39 is 6.03 Å². The highest BCUT2D eigenvalue weighted by atomic mass is 16.2. The monoisotopic (exact) mass is 414 g/mol. The van der Waals surface area contributed by atoms with Crippen molar-refractivity contribution in [2.24, 2.45) is 11.8 Å². The minimum absolute atomic E-state index is 0.0240. The Morgan fingerprint density at radius 1 is 1.00 bits per heavy atom. The minimum Gasteiger partial charge on any atom is -0.352 e. The van der Waals surface area contributed by atoms with Crippen molar-refractivity contribution in [3.8, 4) is 0 Å². The van der Waals surface area contributed by atoms with Crippen molar-refractivity contribution in [3.63, 3.8) is 0 Å². The molecule has 3 N–H and O–H groups in total. The lowest BCUT2D eigenvalue weighted by Crippen LogP contribution is -2.50. The van der Waals surface area contributed by atoms with Crippen LogP contribution in [0.2, 0.25) is 0 Å². The van der Waals surface area contributed by atoms with Crippen molar-refractivity contribution in [1.82, 2.24) is 20.9 Å². The average molecular weight is 415 g/mol. The second kappa shape index (κ2) is 11.1. The van der Waals surface area contributed by atoms with E-state index in [1.165, 1.54) is 6.42 Å². The van der Waals surface area contributed by atoms with Gasteiger partial charge in [-0.15, -0.1) is 0 Å². The van der Waals surface area contributed by atoms with Gasteiger partial charge in [0.1, 0.15) is 0 Å². The molecule has 0 bridgehead atoms. The Hall–Kier alpha value is -2.41. The number of imide groups is 1. The van der Waals surface area contributed by atoms with Crippen LogP contribution in [0.15, 0.2) is 30.3 Å². The minimum atomic E-state index is -0.395. The van der Waals surface area contributed by atoms with E-state index in [2.05, 4.69) is 22.9 Å². The van der Waals surface area contributed by atoms with E-state index in [9.17, 15) is 14.4 Å². The summed E-state index contributed by atoms with van der Waals surface area (Å²) in [5.74, 6) is 0.211. The topological polar surface area (TPSA) is 90.5 Å². The van der Waals surface area contributed by atoms with Crippen LogP contribution in [0.4, 0.5) is 4.79 Å². The summed E-state index contributed by atoms with van der Waals surface area (Å²) in [7, 11) is 0. The van der Waals surface area contributed by atoms with Crippen LogP contribution in [0.3, 0.4) is 0 Å². The molecule has 7 nitrogen and oxygen atoms in total. The molecular weight excluding hydrogens is 380 g/mol. The summed E-state index contributed by atoms with van der Waals surface area (Å²) in [5, 5.41) is 8.40. The molecule has 1 saturated heterocycles. The van der Waals surface area contributed by atoms with Gasteiger partial charge in [-0.05, 0) is 50.3 Å². The van der Waals surface area contributed by atoms with E-state index in [-0.39, 0.29) is 30.3 Å². The van der Waals surface area contributed by atoms with Gasteiger partial charge in [0.2, 0.25) is 11.8 Å². The van der Waals surface area contributed by atoms with Gasteiger partial charge in [0.25, 0.3) is 0 Å². The molecule has 1 aliphatic heterocycles. The Balaban J connectivity index is 1.33. The number of carbonyl (C=O) groups is 3. The summed E-state index contributed by atoms with van der Waals surface area (Å²) in [5.41, 5.74) is 1.08. The first-order valence-electron chi connectivity index (χ1n) is 11.2. The van der Waals surface area contributed by atoms with Crippen molar-refractivity contribution in [2.75, 3.05) is 19.6 Å². The first-order chi connectivity index (χ1) is 14.5. The largest absolute Gasteiger partial charge is 0.352 e. The molecule has 1 saturated carbocycles. The number of hydrogen-bond acceptors (Lipinski definition) is 4. The van der Waals surface area contributed by atoms with Crippen LogP contribution < -0.4 is 16.0 Å². The summed E-state index contributed by atoms with van der Waals surface area (Å²) in [6.07, 6.45) is 5.87. The SMILES string of the molecule is C[C@H]1CCCC[C@@H]1NC(=O)NC(=O)CN1CCC(C(=O)NCc2ccccc2)CC1. The van der Waals surface area contributed by atoms with Crippen molar-refractivity contribution in [1.29, 1.82) is 0 Å². The molecule has 1 aliphatic carbocycles. The highest BCUT2D eigenvalue weighted by molar-refractivity contribution is 5.95. The molecule has 2 fully saturated rings.